The summed E-state index contributed by atoms with van der Waals surface area (Å²) >= 11 is 1.60. The first-order chi connectivity index (χ1) is 10.8. The Kier molecular flexibility index (Phi) is 3.63. The summed E-state index contributed by atoms with van der Waals surface area (Å²) in [5, 5.41) is 14.4. The van der Waals surface area contributed by atoms with Gasteiger partial charge in [-0.3, -0.25) is 4.90 Å². The van der Waals surface area contributed by atoms with E-state index in [-0.39, 0.29) is 0 Å². The van der Waals surface area contributed by atoms with Crippen molar-refractivity contribution in [3.8, 4) is 10.6 Å². The monoisotopic (exact) mass is 313 g/mol. The van der Waals surface area contributed by atoms with Gasteiger partial charge in [0.15, 0.2) is 5.82 Å². The number of hydrogen-bond donors (Lipinski definition) is 0. The zero-order valence-electron chi connectivity index (χ0n) is 12.7. The zero-order valence-corrected chi connectivity index (χ0v) is 13.5. The number of benzene rings is 1. The van der Waals surface area contributed by atoms with E-state index in [0.717, 1.165) is 41.0 Å². The number of nitrogens with zero attached hydrogens (tertiary/aromatic N) is 5. The van der Waals surface area contributed by atoms with E-state index in [1.54, 1.807) is 11.3 Å². The Hall–Kier alpha value is -1.79. The van der Waals surface area contributed by atoms with Crippen LogP contribution in [0, 0.1) is 6.92 Å². The highest BCUT2D eigenvalue weighted by atomic mass is 32.1. The van der Waals surface area contributed by atoms with Crippen molar-refractivity contribution < 1.29 is 0 Å². The smallest absolute Gasteiger partial charge is 0.235 e. The van der Waals surface area contributed by atoms with Gasteiger partial charge in [-0.2, -0.15) is 9.61 Å². The van der Waals surface area contributed by atoms with E-state index in [1.807, 2.05) is 4.52 Å². The fraction of sp³-hybridized carbons (Fsp3) is 0.438. The van der Waals surface area contributed by atoms with Gasteiger partial charge >= 0.3 is 0 Å². The van der Waals surface area contributed by atoms with Crippen molar-refractivity contribution in [1.82, 2.24) is 24.7 Å². The number of likely N-dealkylation sites (tertiary alicyclic amines) is 1. The van der Waals surface area contributed by atoms with Crippen molar-refractivity contribution in [2.45, 2.75) is 32.7 Å². The molecule has 0 amide bonds. The molecule has 5 nitrogen and oxygen atoms in total. The van der Waals surface area contributed by atoms with E-state index in [2.05, 4.69) is 46.3 Å². The van der Waals surface area contributed by atoms with Gasteiger partial charge in [0.1, 0.15) is 5.01 Å². The highest BCUT2D eigenvalue weighted by Gasteiger charge is 2.17. The van der Waals surface area contributed by atoms with Crippen LogP contribution < -0.4 is 0 Å². The van der Waals surface area contributed by atoms with Crippen LogP contribution in [0.4, 0.5) is 0 Å². The summed E-state index contributed by atoms with van der Waals surface area (Å²) in [6, 6.07) is 8.44. The molecule has 3 aromatic rings. The second-order valence-electron chi connectivity index (χ2n) is 5.92. The summed E-state index contributed by atoms with van der Waals surface area (Å²) in [7, 11) is 0. The Bertz CT molecular complexity index is 785. The average molecular weight is 313 g/mol. The van der Waals surface area contributed by atoms with Gasteiger partial charge in [-0.15, -0.1) is 10.2 Å². The molecule has 2 aromatic heterocycles. The predicted octanol–water partition coefficient (Wildman–Crippen LogP) is 3.15. The maximum atomic E-state index is 4.73. The van der Waals surface area contributed by atoms with Crippen LogP contribution in [0.15, 0.2) is 24.3 Å². The molecule has 1 fully saturated rings. The van der Waals surface area contributed by atoms with E-state index in [4.69, 9.17) is 5.10 Å². The normalized spacial score (nSPS) is 16.4. The topological polar surface area (TPSA) is 46.3 Å². The van der Waals surface area contributed by atoms with Crippen LogP contribution in [0.2, 0.25) is 0 Å². The first-order valence-corrected chi connectivity index (χ1v) is 8.62. The molecule has 0 radical (unpaired) electrons. The van der Waals surface area contributed by atoms with Crippen molar-refractivity contribution in [1.29, 1.82) is 0 Å². The first kappa shape index (κ1) is 13.8. The Morgan fingerprint density at radius 2 is 2.00 bits per heavy atom. The quantitative estimate of drug-likeness (QED) is 0.745. The molecule has 6 heteroatoms. The van der Waals surface area contributed by atoms with Crippen LogP contribution in [-0.2, 0) is 6.54 Å². The maximum absolute atomic E-state index is 4.73. The number of aryl methyl sites for hydroxylation is 1. The molecule has 0 bridgehead atoms. The zero-order chi connectivity index (χ0) is 14.9. The molecule has 1 aromatic carbocycles. The highest BCUT2D eigenvalue weighted by Crippen LogP contribution is 2.26. The lowest BCUT2D eigenvalue weighted by atomic mass is 10.1. The van der Waals surface area contributed by atoms with Crippen molar-refractivity contribution in [2.75, 3.05) is 13.1 Å². The van der Waals surface area contributed by atoms with Crippen LogP contribution in [0.3, 0.4) is 0 Å². The van der Waals surface area contributed by atoms with Gasteiger partial charge in [-0.1, -0.05) is 41.5 Å². The van der Waals surface area contributed by atoms with Crippen molar-refractivity contribution >= 4 is 16.3 Å². The Morgan fingerprint density at radius 3 is 2.82 bits per heavy atom. The fourth-order valence-electron chi connectivity index (χ4n) is 2.97. The first-order valence-electron chi connectivity index (χ1n) is 7.80. The van der Waals surface area contributed by atoms with Gasteiger partial charge in [0.25, 0.3) is 0 Å². The Labute approximate surface area is 133 Å². The summed E-state index contributed by atoms with van der Waals surface area (Å²) in [6.07, 6.45) is 3.92. The number of fused-ring (bicyclic) bond motifs is 1. The molecule has 0 aliphatic carbocycles. The lowest BCUT2D eigenvalue weighted by Crippen LogP contribution is -2.30. The van der Waals surface area contributed by atoms with Crippen LogP contribution in [-0.4, -0.2) is 37.8 Å². The Morgan fingerprint density at radius 1 is 1.14 bits per heavy atom. The molecular weight excluding hydrogens is 294 g/mol. The van der Waals surface area contributed by atoms with Crippen LogP contribution in [0.5, 0.6) is 0 Å². The van der Waals surface area contributed by atoms with Crippen LogP contribution >= 0.6 is 11.3 Å². The van der Waals surface area contributed by atoms with E-state index >= 15 is 0 Å². The second-order valence-corrected chi connectivity index (χ2v) is 6.88. The third-order valence-corrected chi connectivity index (χ3v) is 5.08. The van der Waals surface area contributed by atoms with Gasteiger partial charge in [-0.05, 0) is 38.9 Å². The molecule has 1 aliphatic heterocycles. The molecule has 4 rings (SSSR count). The van der Waals surface area contributed by atoms with E-state index in [0.29, 0.717) is 0 Å². The maximum Gasteiger partial charge on any atom is 0.235 e. The van der Waals surface area contributed by atoms with Gasteiger partial charge in [-0.25, -0.2) is 0 Å². The van der Waals surface area contributed by atoms with E-state index in [1.165, 1.54) is 24.8 Å². The second kappa shape index (κ2) is 5.78. The molecule has 1 aliphatic rings. The molecule has 0 saturated carbocycles. The number of rotatable bonds is 3. The summed E-state index contributed by atoms with van der Waals surface area (Å²) < 4.78 is 1.91. The number of aromatic nitrogens is 4. The third-order valence-electron chi connectivity index (χ3n) is 4.13. The molecule has 0 unspecified atom stereocenters. The van der Waals surface area contributed by atoms with Gasteiger partial charge in [0.05, 0.1) is 6.54 Å². The lowest BCUT2D eigenvalue weighted by molar-refractivity contribution is 0.214. The van der Waals surface area contributed by atoms with Crippen LogP contribution in [0.1, 0.15) is 30.7 Å². The molecule has 0 atom stereocenters. The van der Waals surface area contributed by atoms with Gasteiger partial charge < -0.3 is 0 Å². The minimum absolute atomic E-state index is 0.845. The molecule has 1 saturated heterocycles. The highest BCUT2D eigenvalue weighted by molar-refractivity contribution is 7.19. The largest absolute Gasteiger partial charge is 0.296 e. The van der Waals surface area contributed by atoms with Crippen molar-refractivity contribution in [3.05, 3.63) is 35.7 Å². The minimum Gasteiger partial charge on any atom is -0.296 e. The van der Waals surface area contributed by atoms with Gasteiger partial charge in [0, 0.05) is 5.56 Å². The predicted molar refractivity (Wildman–Crippen MR) is 88.0 cm³/mol. The average Bonchev–Trinajstić information content (AvgIpc) is 3.11. The Balaban J connectivity index is 1.64. The minimum atomic E-state index is 0.845. The molecular formula is C16H19N5S. The van der Waals surface area contributed by atoms with Crippen molar-refractivity contribution in [3.63, 3.8) is 0 Å². The summed E-state index contributed by atoms with van der Waals surface area (Å²) in [4.78, 5) is 3.33. The van der Waals surface area contributed by atoms with Crippen LogP contribution in [0.25, 0.3) is 15.5 Å². The number of hydrogen-bond acceptors (Lipinski definition) is 5. The number of piperidine rings is 1. The van der Waals surface area contributed by atoms with Gasteiger partial charge in [0.2, 0.25) is 4.96 Å². The fourth-order valence-corrected chi connectivity index (χ4v) is 3.82. The molecule has 0 N–H and O–H groups in total. The summed E-state index contributed by atoms with van der Waals surface area (Å²) in [5.41, 5.74) is 2.40. The third kappa shape index (κ3) is 2.64. The molecule has 3 heterocycles. The van der Waals surface area contributed by atoms with Crippen molar-refractivity contribution in [2.24, 2.45) is 0 Å². The van der Waals surface area contributed by atoms with E-state index < -0.39 is 0 Å². The lowest BCUT2D eigenvalue weighted by Gasteiger charge is -2.25. The molecule has 0 spiro atoms. The standard InChI is InChI=1S/C16H19N5S/c1-12-6-5-7-13(10-12)15-19-21-14(17-18-16(21)22-15)11-20-8-3-2-4-9-20/h5-7,10H,2-4,8-9,11H2,1H3. The molecule has 114 valence electrons. The van der Waals surface area contributed by atoms with E-state index in [9.17, 15) is 0 Å². The summed E-state index contributed by atoms with van der Waals surface area (Å²) in [6.45, 7) is 5.26. The summed E-state index contributed by atoms with van der Waals surface area (Å²) in [5.74, 6) is 0.951. The molecule has 22 heavy (non-hydrogen) atoms. The SMILES string of the molecule is Cc1cccc(-c2nn3c(CN4CCCCC4)nnc3s2)c1.